The van der Waals surface area contributed by atoms with Gasteiger partial charge in [0.2, 0.25) is 0 Å². The van der Waals surface area contributed by atoms with E-state index in [0.29, 0.717) is 17.9 Å². The lowest BCUT2D eigenvalue weighted by Crippen LogP contribution is -2.29. The molecule has 0 radical (unpaired) electrons. The third kappa shape index (κ3) is 8.98. The third-order valence-electron chi connectivity index (χ3n) is 5.34. The molecule has 5 nitrogen and oxygen atoms in total. The summed E-state index contributed by atoms with van der Waals surface area (Å²) < 4.78 is 43.1. The molecule has 1 N–H and O–H groups in total. The van der Waals surface area contributed by atoms with Crippen LogP contribution in [0.1, 0.15) is 40.7 Å². The van der Waals surface area contributed by atoms with Crippen molar-refractivity contribution in [1.29, 1.82) is 0 Å². The number of halogens is 1. The minimum Gasteiger partial charge on any atom is -0.494 e. The van der Waals surface area contributed by atoms with Crippen molar-refractivity contribution in [3.8, 4) is 5.75 Å². The number of hydrogen-bond donors (Lipinski definition) is 1. The molecule has 0 saturated carbocycles. The molecule has 0 fully saturated rings. The van der Waals surface area contributed by atoms with Gasteiger partial charge >= 0.3 is 0 Å². The van der Waals surface area contributed by atoms with Gasteiger partial charge in [-0.05, 0) is 73.2 Å². The van der Waals surface area contributed by atoms with Crippen LogP contribution in [-0.2, 0) is 22.0 Å². The highest BCUT2D eigenvalue weighted by Crippen LogP contribution is 2.14. The average Bonchev–Trinajstić information content (AvgIpc) is 2.83. The van der Waals surface area contributed by atoms with Crippen molar-refractivity contribution in [3.05, 3.63) is 101 Å². The highest BCUT2D eigenvalue weighted by atomic mass is 32.2. The van der Waals surface area contributed by atoms with Crippen molar-refractivity contribution in [3.63, 3.8) is 0 Å². The first-order valence-corrected chi connectivity index (χ1v) is 13.2. The van der Waals surface area contributed by atoms with Crippen molar-refractivity contribution < 1.29 is 22.3 Å². The van der Waals surface area contributed by atoms with E-state index in [9.17, 15) is 17.6 Å². The van der Waals surface area contributed by atoms with Gasteiger partial charge < -0.3 is 10.1 Å². The number of unbranched alkanes of at least 4 members (excludes halogenated alkanes) is 2. The largest absolute Gasteiger partial charge is 0.494 e. The maximum Gasteiger partial charge on any atom is 0.251 e. The molecule has 7 heteroatoms. The van der Waals surface area contributed by atoms with Gasteiger partial charge in [0.05, 0.1) is 18.1 Å². The van der Waals surface area contributed by atoms with E-state index in [1.54, 1.807) is 48.5 Å². The highest BCUT2D eigenvalue weighted by Gasteiger charge is 2.13. The number of hydrogen-bond acceptors (Lipinski definition) is 4. The van der Waals surface area contributed by atoms with E-state index in [0.717, 1.165) is 36.8 Å². The molecule has 0 saturated heterocycles. The molecule has 3 aromatic rings. The fourth-order valence-corrected chi connectivity index (χ4v) is 4.73. The van der Waals surface area contributed by atoms with Crippen LogP contribution in [0.4, 0.5) is 4.39 Å². The summed E-state index contributed by atoms with van der Waals surface area (Å²) in [5.74, 6) is -0.00645. The molecule has 0 aromatic heterocycles. The summed E-state index contributed by atoms with van der Waals surface area (Å²) in [5, 5.41) is 2.66. The molecule has 3 aromatic carbocycles. The molecule has 0 spiro atoms. The van der Waals surface area contributed by atoms with E-state index in [1.165, 1.54) is 12.1 Å². The molecule has 0 unspecified atom stereocenters. The first-order valence-electron chi connectivity index (χ1n) is 11.4. The van der Waals surface area contributed by atoms with E-state index < -0.39 is 9.84 Å². The molecule has 0 bridgehead atoms. The number of benzene rings is 3. The Balaban J connectivity index is 1.31. The normalized spacial score (nSPS) is 11.2. The predicted octanol–water partition coefficient (Wildman–Crippen LogP) is 4.96. The number of carbonyl (C=O) groups excluding carboxylic acids is 1. The van der Waals surface area contributed by atoms with Crippen molar-refractivity contribution in [1.82, 2.24) is 5.32 Å². The zero-order valence-corrected chi connectivity index (χ0v) is 19.9. The van der Waals surface area contributed by atoms with E-state index in [4.69, 9.17) is 4.74 Å². The van der Waals surface area contributed by atoms with Crippen LogP contribution in [0.3, 0.4) is 0 Å². The SMILES string of the molecule is O=C(NCCS(=O)(=O)Cc1ccccc1)c1ccc(OCCCCCc2ccc(F)cc2)cc1. The Labute approximate surface area is 200 Å². The Morgan fingerprint density at radius 1 is 0.824 bits per heavy atom. The van der Waals surface area contributed by atoms with Gasteiger partial charge in [0.15, 0.2) is 9.84 Å². The molecule has 0 aliphatic rings. The number of ether oxygens (including phenoxy) is 1. The lowest BCUT2D eigenvalue weighted by atomic mass is 10.1. The summed E-state index contributed by atoms with van der Waals surface area (Å²) in [6.45, 7) is 0.637. The van der Waals surface area contributed by atoms with Crippen LogP contribution in [-0.4, -0.2) is 33.2 Å². The van der Waals surface area contributed by atoms with Crippen molar-refractivity contribution >= 4 is 15.7 Å². The van der Waals surface area contributed by atoms with Gasteiger partial charge in [-0.1, -0.05) is 42.5 Å². The van der Waals surface area contributed by atoms with E-state index in [-0.39, 0.29) is 29.8 Å². The van der Waals surface area contributed by atoms with Crippen LogP contribution >= 0.6 is 0 Å². The Bertz CT molecular complexity index is 1130. The minimum atomic E-state index is -3.30. The molecular formula is C27H30FNO4S. The van der Waals surface area contributed by atoms with Crippen molar-refractivity contribution in [2.75, 3.05) is 18.9 Å². The number of sulfone groups is 1. The number of carbonyl (C=O) groups is 1. The standard InChI is InChI=1S/C27H30FNO4S/c28-25-14-10-22(11-15-25)7-5-2-6-19-33-26-16-12-24(13-17-26)27(30)29-18-20-34(31,32)21-23-8-3-1-4-9-23/h1,3-4,8-17H,2,5-7,18-21H2,(H,29,30). The van der Waals surface area contributed by atoms with Gasteiger partial charge in [0.1, 0.15) is 11.6 Å². The second-order valence-electron chi connectivity index (χ2n) is 8.14. The van der Waals surface area contributed by atoms with Gasteiger partial charge in [0, 0.05) is 12.1 Å². The van der Waals surface area contributed by atoms with E-state index >= 15 is 0 Å². The molecule has 0 atom stereocenters. The van der Waals surface area contributed by atoms with Crippen molar-refractivity contribution in [2.45, 2.75) is 31.4 Å². The fourth-order valence-electron chi connectivity index (χ4n) is 3.47. The second-order valence-corrected chi connectivity index (χ2v) is 10.3. The van der Waals surface area contributed by atoms with Gasteiger partial charge in [0.25, 0.3) is 5.91 Å². The monoisotopic (exact) mass is 483 g/mol. The molecule has 0 aliphatic heterocycles. The Kier molecular flexibility index (Phi) is 9.64. The molecule has 180 valence electrons. The molecule has 34 heavy (non-hydrogen) atoms. The third-order valence-corrected chi connectivity index (χ3v) is 6.94. The Morgan fingerprint density at radius 3 is 2.24 bits per heavy atom. The maximum atomic E-state index is 12.9. The highest BCUT2D eigenvalue weighted by molar-refractivity contribution is 7.90. The molecule has 1 amide bonds. The second kappa shape index (κ2) is 12.9. The molecule has 0 heterocycles. The van der Waals surface area contributed by atoms with Crippen LogP contribution in [0.25, 0.3) is 0 Å². The summed E-state index contributed by atoms with van der Waals surface area (Å²) >= 11 is 0. The van der Waals surface area contributed by atoms with Gasteiger partial charge in [-0.15, -0.1) is 0 Å². The topological polar surface area (TPSA) is 72.5 Å². The van der Waals surface area contributed by atoms with Crippen LogP contribution in [0.2, 0.25) is 0 Å². The van der Waals surface area contributed by atoms with Crippen LogP contribution in [0.5, 0.6) is 5.75 Å². The minimum absolute atomic E-state index is 0.0397. The lowest BCUT2D eigenvalue weighted by Gasteiger charge is -2.09. The van der Waals surface area contributed by atoms with Crippen LogP contribution in [0.15, 0.2) is 78.9 Å². The summed E-state index contributed by atoms with van der Waals surface area (Å²) in [5.41, 5.74) is 2.31. The maximum absolute atomic E-state index is 12.9. The first kappa shape index (κ1) is 25.4. The summed E-state index contributed by atoms with van der Waals surface area (Å²) in [6, 6.07) is 22.4. The average molecular weight is 484 g/mol. The van der Waals surface area contributed by atoms with Gasteiger partial charge in [-0.2, -0.15) is 0 Å². The van der Waals surface area contributed by atoms with Crippen LogP contribution in [0, 0.1) is 5.82 Å². The van der Waals surface area contributed by atoms with E-state index in [2.05, 4.69) is 5.32 Å². The quantitative estimate of drug-likeness (QED) is 0.349. The van der Waals surface area contributed by atoms with E-state index in [1.807, 2.05) is 18.2 Å². The molecular weight excluding hydrogens is 453 g/mol. The van der Waals surface area contributed by atoms with Crippen LogP contribution < -0.4 is 10.1 Å². The Hall–Kier alpha value is -3.19. The fraction of sp³-hybridized carbons (Fsp3) is 0.296. The lowest BCUT2D eigenvalue weighted by molar-refractivity contribution is 0.0956. The number of rotatable bonds is 13. The van der Waals surface area contributed by atoms with Crippen molar-refractivity contribution in [2.24, 2.45) is 0 Å². The zero-order valence-electron chi connectivity index (χ0n) is 19.1. The summed E-state index contributed by atoms with van der Waals surface area (Å²) in [7, 11) is -3.30. The molecule has 0 aliphatic carbocycles. The number of nitrogens with one attached hydrogen (secondary N) is 1. The number of aryl methyl sites for hydroxylation is 1. The zero-order chi connectivity index (χ0) is 24.2. The summed E-state index contributed by atoms with van der Waals surface area (Å²) in [4.78, 5) is 12.3. The Morgan fingerprint density at radius 2 is 1.53 bits per heavy atom. The summed E-state index contributed by atoms with van der Waals surface area (Å²) in [6.07, 6.45) is 3.83. The van der Waals surface area contributed by atoms with Gasteiger partial charge in [-0.25, -0.2) is 12.8 Å². The number of amides is 1. The first-order chi connectivity index (χ1) is 16.4. The smallest absolute Gasteiger partial charge is 0.251 e. The molecule has 3 rings (SSSR count). The predicted molar refractivity (Wildman–Crippen MR) is 132 cm³/mol. The van der Waals surface area contributed by atoms with Gasteiger partial charge in [-0.3, -0.25) is 4.79 Å².